The molecule has 2 N–H and O–H groups in total. The minimum Gasteiger partial charge on any atom is -0.383 e. The van der Waals surface area contributed by atoms with Gasteiger partial charge in [0.05, 0.1) is 21.8 Å². The third kappa shape index (κ3) is 4.18. The first-order valence-corrected chi connectivity index (χ1v) is 10.5. The van der Waals surface area contributed by atoms with Crippen LogP contribution in [-0.2, 0) is 0 Å². The molecule has 5 nitrogen and oxygen atoms in total. The van der Waals surface area contributed by atoms with Crippen molar-refractivity contribution in [3.8, 4) is 6.07 Å². The molecule has 1 fully saturated rings. The number of hydrogen-bond donors (Lipinski definition) is 2. The molecule has 1 saturated heterocycles. The van der Waals surface area contributed by atoms with Crippen molar-refractivity contribution in [2.75, 3.05) is 30.3 Å². The molecule has 0 spiro atoms. The van der Waals surface area contributed by atoms with E-state index in [-0.39, 0.29) is 5.02 Å². The van der Waals surface area contributed by atoms with Gasteiger partial charge in [0.1, 0.15) is 11.9 Å². The summed E-state index contributed by atoms with van der Waals surface area (Å²) in [5.41, 5.74) is 3.39. The van der Waals surface area contributed by atoms with Gasteiger partial charge in [-0.15, -0.1) is 0 Å². The third-order valence-electron chi connectivity index (χ3n) is 5.62. The first-order valence-electron chi connectivity index (χ1n) is 10.1. The Hall–Kier alpha value is -2.88. The van der Waals surface area contributed by atoms with Gasteiger partial charge in [-0.3, -0.25) is 9.88 Å². The van der Waals surface area contributed by atoms with Gasteiger partial charge in [0, 0.05) is 35.5 Å². The number of anilines is 3. The lowest BCUT2D eigenvalue weighted by Crippen LogP contribution is -2.34. The Morgan fingerprint density at radius 2 is 2.10 bits per heavy atom. The van der Waals surface area contributed by atoms with Gasteiger partial charge >= 0.3 is 0 Å². The fraction of sp³-hybridized carbons (Fsp3) is 0.304. The number of aromatic nitrogens is 1. The van der Waals surface area contributed by atoms with Gasteiger partial charge in [-0.1, -0.05) is 18.5 Å². The maximum atomic E-state index is 13.5. The van der Waals surface area contributed by atoms with E-state index < -0.39 is 5.82 Å². The quantitative estimate of drug-likeness (QED) is 0.545. The first kappa shape index (κ1) is 20.4. The number of benzene rings is 2. The summed E-state index contributed by atoms with van der Waals surface area (Å²) < 4.78 is 13.5. The molecule has 1 aromatic heterocycles. The van der Waals surface area contributed by atoms with Gasteiger partial charge < -0.3 is 10.6 Å². The van der Waals surface area contributed by atoms with Crippen LogP contribution >= 0.6 is 11.6 Å². The Kier molecular flexibility index (Phi) is 6.03. The molecule has 7 heteroatoms. The highest BCUT2D eigenvalue weighted by molar-refractivity contribution is 6.31. The van der Waals surface area contributed by atoms with Crippen LogP contribution in [0.3, 0.4) is 0 Å². The van der Waals surface area contributed by atoms with Crippen LogP contribution in [0.5, 0.6) is 0 Å². The van der Waals surface area contributed by atoms with Crippen LogP contribution in [0.4, 0.5) is 21.5 Å². The highest BCUT2D eigenvalue weighted by Gasteiger charge is 2.22. The van der Waals surface area contributed by atoms with Crippen molar-refractivity contribution in [2.45, 2.75) is 25.8 Å². The molecule has 1 aliphatic rings. The summed E-state index contributed by atoms with van der Waals surface area (Å²) in [6, 6.07) is 13.1. The third-order valence-corrected chi connectivity index (χ3v) is 5.91. The van der Waals surface area contributed by atoms with Gasteiger partial charge in [0.2, 0.25) is 0 Å². The predicted octanol–water partition coefficient (Wildman–Crippen LogP) is 5.54. The highest BCUT2D eigenvalue weighted by Crippen LogP contribution is 2.32. The SMILES string of the molecule is CCN1CCC[C@H]1CNc1ccc2ncc(C#N)c(Nc3ccc(F)c(Cl)c3)c2c1. The lowest BCUT2D eigenvalue weighted by molar-refractivity contribution is 0.277. The molecule has 0 amide bonds. The van der Waals surface area contributed by atoms with E-state index in [0.29, 0.717) is 23.0 Å². The Bertz CT molecular complexity index is 1110. The molecule has 30 heavy (non-hydrogen) atoms. The molecule has 154 valence electrons. The summed E-state index contributed by atoms with van der Waals surface area (Å²) >= 11 is 5.92. The van der Waals surface area contributed by atoms with Crippen molar-refractivity contribution >= 4 is 39.6 Å². The molecule has 0 bridgehead atoms. The number of likely N-dealkylation sites (tertiary alicyclic amines) is 1. The molecule has 0 unspecified atom stereocenters. The number of halogens is 2. The summed E-state index contributed by atoms with van der Waals surface area (Å²) in [6.45, 7) is 5.29. The fourth-order valence-corrected chi connectivity index (χ4v) is 4.20. The molecule has 3 aromatic rings. The lowest BCUT2D eigenvalue weighted by Gasteiger charge is -2.23. The molecule has 2 heterocycles. The summed E-state index contributed by atoms with van der Waals surface area (Å²) in [5.74, 6) is -0.484. The van der Waals surface area contributed by atoms with Crippen molar-refractivity contribution in [3.05, 3.63) is 59.0 Å². The first-order chi connectivity index (χ1) is 14.6. The molecular weight excluding hydrogens is 401 g/mol. The molecular formula is C23H23ClFN5. The monoisotopic (exact) mass is 423 g/mol. The maximum Gasteiger partial charge on any atom is 0.141 e. The molecule has 0 radical (unpaired) electrons. The van der Waals surface area contributed by atoms with Crippen molar-refractivity contribution in [1.82, 2.24) is 9.88 Å². The largest absolute Gasteiger partial charge is 0.383 e. The van der Waals surface area contributed by atoms with Gasteiger partial charge in [-0.2, -0.15) is 5.26 Å². The molecule has 2 aromatic carbocycles. The smallest absolute Gasteiger partial charge is 0.141 e. The van der Waals surface area contributed by atoms with E-state index in [2.05, 4.69) is 33.5 Å². The minimum absolute atomic E-state index is 0.0243. The van der Waals surface area contributed by atoms with Gasteiger partial charge in [-0.25, -0.2) is 4.39 Å². The minimum atomic E-state index is -0.484. The zero-order valence-electron chi connectivity index (χ0n) is 16.8. The fourth-order valence-electron chi connectivity index (χ4n) is 4.02. The topological polar surface area (TPSA) is 64.0 Å². The normalized spacial score (nSPS) is 16.5. The zero-order valence-corrected chi connectivity index (χ0v) is 17.5. The van der Waals surface area contributed by atoms with Gasteiger partial charge in [0.15, 0.2) is 0 Å². The van der Waals surface area contributed by atoms with E-state index in [0.717, 1.165) is 36.2 Å². The van der Waals surface area contributed by atoms with Crippen LogP contribution < -0.4 is 10.6 Å². The average Bonchev–Trinajstić information content (AvgIpc) is 3.22. The molecule has 4 rings (SSSR count). The van der Waals surface area contributed by atoms with E-state index in [1.54, 1.807) is 12.3 Å². The number of pyridine rings is 1. The molecule has 0 aliphatic carbocycles. The van der Waals surface area contributed by atoms with Crippen molar-refractivity contribution in [3.63, 3.8) is 0 Å². The van der Waals surface area contributed by atoms with Crippen molar-refractivity contribution in [2.24, 2.45) is 0 Å². The average molecular weight is 424 g/mol. The maximum absolute atomic E-state index is 13.5. The van der Waals surface area contributed by atoms with Crippen molar-refractivity contribution < 1.29 is 4.39 Å². The number of nitrogens with zero attached hydrogens (tertiary/aromatic N) is 3. The molecule has 1 aliphatic heterocycles. The Morgan fingerprint density at radius 1 is 1.27 bits per heavy atom. The number of nitriles is 1. The summed E-state index contributed by atoms with van der Waals surface area (Å²) in [5, 5.41) is 17.2. The summed E-state index contributed by atoms with van der Waals surface area (Å²) in [7, 11) is 0. The van der Waals surface area contributed by atoms with Gasteiger partial charge in [-0.05, 0) is 62.3 Å². The second kappa shape index (κ2) is 8.86. The molecule has 1 atom stereocenters. The Labute approximate surface area is 180 Å². The highest BCUT2D eigenvalue weighted by atomic mass is 35.5. The van der Waals surface area contributed by atoms with Crippen LogP contribution in [0.1, 0.15) is 25.3 Å². The van der Waals surface area contributed by atoms with Crippen LogP contribution in [0.2, 0.25) is 5.02 Å². The number of hydrogen-bond acceptors (Lipinski definition) is 5. The van der Waals surface area contributed by atoms with Crippen LogP contribution in [0, 0.1) is 17.1 Å². The van der Waals surface area contributed by atoms with E-state index >= 15 is 0 Å². The van der Waals surface area contributed by atoms with Gasteiger partial charge in [0.25, 0.3) is 0 Å². The zero-order chi connectivity index (χ0) is 21.1. The second-order valence-electron chi connectivity index (χ2n) is 7.45. The molecule has 0 saturated carbocycles. The summed E-state index contributed by atoms with van der Waals surface area (Å²) in [6.07, 6.45) is 3.98. The van der Waals surface area contributed by atoms with E-state index in [1.807, 2.05) is 18.2 Å². The number of fused-ring (bicyclic) bond motifs is 1. The van der Waals surface area contributed by atoms with E-state index in [9.17, 15) is 9.65 Å². The Balaban J connectivity index is 1.65. The summed E-state index contributed by atoms with van der Waals surface area (Å²) in [4.78, 5) is 6.90. The number of rotatable bonds is 6. The van der Waals surface area contributed by atoms with E-state index in [4.69, 9.17) is 11.6 Å². The number of nitrogens with one attached hydrogen (secondary N) is 2. The van der Waals surface area contributed by atoms with Crippen molar-refractivity contribution in [1.29, 1.82) is 5.26 Å². The van der Waals surface area contributed by atoms with Crippen LogP contribution in [0.25, 0.3) is 10.9 Å². The number of likely N-dealkylation sites (N-methyl/N-ethyl adjacent to an activating group) is 1. The Morgan fingerprint density at radius 3 is 2.87 bits per heavy atom. The lowest BCUT2D eigenvalue weighted by atomic mass is 10.1. The van der Waals surface area contributed by atoms with Crippen LogP contribution in [0.15, 0.2) is 42.6 Å². The van der Waals surface area contributed by atoms with E-state index in [1.165, 1.54) is 25.0 Å². The second-order valence-corrected chi connectivity index (χ2v) is 7.86. The van der Waals surface area contributed by atoms with Crippen LogP contribution in [-0.4, -0.2) is 35.6 Å². The predicted molar refractivity (Wildman–Crippen MR) is 120 cm³/mol. The standard InChI is InChI=1S/C23H23ClFN5/c1-2-30-9-3-4-18(30)14-27-16-6-8-22-19(10-16)23(15(12-26)13-28-22)29-17-5-7-21(25)20(24)11-17/h5-8,10-11,13,18,27H,2-4,9,14H2,1H3,(H,28,29)/t18-/m0/s1.